The van der Waals surface area contributed by atoms with Crippen molar-refractivity contribution in [2.45, 2.75) is 19.5 Å². The van der Waals surface area contributed by atoms with E-state index in [-0.39, 0.29) is 11.9 Å². The Morgan fingerprint density at radius 1 is 1.30 bits per heavy atom. The van der Waals surface area contributed by atoms with Crippen LogP contribution in [0.25, 0.3) is 0 Å². The van der Waals surface area contributed by atoms with Crippen molar-refractivity contribution in [1.29, 1.82) is 0 Å². The molecule has 2 aromatic rings. The monoisotopic (exact) mass is 268 g/mol. The summed E-state index contributed by atoms with van der Waals surface area (Å²) in [6, 6.07) is 8.20. The first-order chi connectivity index (χ1) is 9.75. The van der Waals surface area contributed by atoms with Gasteiger partial charge in [-0.05, 0) is 18.6 Å². The molecule has 1 aromatic carbocycles. The predicted octanol–water partition coefficient (Wildman–Crippen LogP) is 1.62. The van der Waals surface area contributed by atoms with E-state index in [9.17, 15) is 4.79 Å². The number of rotatable bonds is 1. The van der Waals surface area contributed by atoms with Crippen molar-refractivity contribution in [2.75, 3.05) is 11.4 Å². The summed E-state index contributed by atoms with van der Waals surface area (Å²) in [6.07, 6.45) is 4.54. The summed E-state index contributed by atoms with van der Waals surface area (Å²) >= 11 is 0. The van der Waals surface area contributed by atoms with Crippen molar-refractivity contribution < 1.29 is 4.79 Å². The summed E-state index contributed by atoms with van der Waals surface area (Å²) in [4.78, 5) is 22.3. The molecule has 1 N–H and O–H groups in total. The lowest BCUT2D eigenvalue weighted by molar-refractivity contribution is 0.0984. The Kier molecular flexibility index (Phi) is 3.43. The number of anilines is 1. The maximum Gasteiger partial charge on any atom is 0.261 e. The molecule has 1 aliphatic rings. The molecule has 0 fully saturated rings. The molecule has 0 bridgehead atoms. The molecule has 1 aromatic heterocycles. The number of amides is 1. The SMILES string of the molecule is CC1CN(C(=O)c2cncnc2)c2ccccc2CN1. The molecule has 0 saturated carbocycles. The van der Waals surface area contributed by atoms with Crippen molar-refractivity contribution in [1.82, 2.24) is 15.3 Å². The molecule has 1 aliphatic heterocycles. The van der Waals surface area contributed by atoms with Crippen LogP contribution in [-0.4, -0.2) is 28.5 Å². The van der Waals surface area contributed by atoms with E-state index in [0.717, 1.165) is 17.8 Å². The Bertz CT molecular complexity index is 614. The van der Waals surface area contributed by atoms with Crippen LogP contribution in [-0.2, 0) is 6.54 Å². The van der Waals surface area contributed by atoms with Crippen LogP contribution in [0.15, 0.2) is 43.0 Å². The molecular formula is C15H16N4O. The summed E-state index contributed by atoms with van der Waals surface area (Å²) in [7, 11) is 0. The summed E-state index contributed by atoms with van der Waals surface area (Å²) in [6.45, 7) is 3.48. The molecular weight excluding hydrogens is 252 g/mol. The Balaban J connectivity index is 2.01. The molecule has 1 unspecified atom stereocenters. The van der Waals surface area contributed by atoms with E-state index in [4.69, 9.17) is 0 Å². The first-order valence-electron chi connectivity index (χ1n) is 6.64. The fourth-order valence-electron chi connectivity index (χ4n) is 2.40. The topological polar surface area (TPSA) is 58.1 Å². The minimum atomic E-state index is -0.0615. The maximum absolute atomic E-state index is 12.7. The number of hydrogen-bond acceptors (Lipinski definition) is 4. The van der Waals surface area contributed by atoms with Crippen LogP contribution in [0.5, 0.6) is 0 Å². The van der Waals surface area contributed by atoms with Crippen LogP contribution in [0.2, 0.25) is 0 Å². The quantitative estimate of drug-likeness (QED) is 0.853. The van der Waals surface area contributed by atoms with Crippen molar-refractivity contribution in [3.63, 3.8) is 0 Å². The Morgan fingerprint density at radius 3 is 2.85 bits per heavy atom. The number of nitrogens with zero attached hydrogens (tertiary/aromatic N) is 3. The Labute approximate surface area is 117 Å². The molecule has 102 valence electrons. The zero-order chi connectivity index (χ0) is 13.9. The van der Waals surface area contributed by atoms with Gasteiger partial charge in [-0.1, -0.05) is 18.2 Å². The van der Waals surface area contributed by atoms with E-state index >= 15 is 0 Å². The zero-order valence-corrected chi connectivity index (χ0v) is 11.3. The molecule has 1 amide bonds. The standard InChI is InChI=1S/C15H16N4O/c1-11-9-19(15(20)13-6-16-10-17-7-13)14-5-3-2-4-12(14)8-18-11/h2-7,10-11,18H,8-9H2,1H3. The molecule has 20 heavy (non-hydrogen) atoms. The molecule has 0 aliphatic carbocycles. The first-order valence-corrected chi connectivity index (χ1v) is 6.64. The van der Waals surface area contributed by atoms with Gasteiger partial charge < -0.3 is 10.2 Å². The van der Waals surface area contributed by atoms with Crippen molar-refractivity contribution in [2.24, 2.45) is 0 Å². The van der Waals surface area contributed by atoms with Crippen LogP contribution in [0.1, 0.15) is 22.8 Å². The fraction of sp³-hybridized carbons (Fsp3) is 0.267. The van der Waals surface area contributed by atoms with E-state index in [0.29, 0.717) is 12.1 Å². The second-order valence-electron chi connectivity index (χ2n) is 4.95. The van der Waals surface area contributed by atoms with E-state index in [1.165, 1.54) is 6.33 Å². The molecule has 3 rings (SSSR count). The number of hydrogen-bond donors (Lipinski definition) is 1. The van der Waals surface area contributed by atoms with E-state index in [1.54, 1.807) is 17.3 Å². The average Bonchev–Trinajstić information content (AvgIpc) is 2.67. The largest absolute Gasteiger partial charge is 0.308 e. The van der Waals surface area contributed by atoms with E-state index < -0.39 is 0 Å². The summed E-state index contributed by atoms with van der Waals surface area (Å²) < 4.78 is 0. The molecule has 0 saturated heterocycles. The summed E-state index contributed by atoms with van der Waals surface area (Å²) in [5.41, 5.74) is 2.59. The van der Waals surface area contributed by atoms with Gasteiger partial charge >= 0.3 is 0 Å². The highest BCUT2D eigenvalue weighted by Gasteiger charge is 2.24. The summed E-state index contributed by atoms with van der Waals surface area (Å²) in [5, 5.41) is 3.41. The Hall–Kier alpha value is -2.27. The first kappa shape index (κ1) is 12.7. The van der Waals surface area contributed by atoms with Gasteiger partial charge in [-0.2, -0.15) is 0 Å². The number of carbonyl (C=O) groups excluding carboxylic acids is 1. The number of aromatic nitrogens is 2. The third-order valence-corrected chi connectivity index (χ3v) is 3.43. The molecule has 0 spiro atoms. The molecule has 0 radical (unpaired) electrons. The molecule has 5 nitrogen and oxygen atoms in total. The second-order valence-corrected chi connectivity index (χ2v) is 4.95. The van der Waals surface area contributed by atoms with Gasteiger partial charge in [0.25, 0.3) is 5.91 Å². The fourth-order valence-corrected chi connectivity index (χ4v) is 2.40. The number of nitrogens with one attached hydrogen (secondary N) is 1. The van der Waals surface area contributed by atoms with Gasteiger partial charge in [0, 0.05) is 37.2 Å². The molecule has 2 heterocycles. The molecule has 5 heteroatoms. The van der Waals surface area contributed by atoms with Crippen LogP contribution in [0.4, 0.5) is 5.69 Å². The van der Waals surface area contributed by atoms with Gasteiger partial charge in [-0.3, -0.25) is 4.79 Å². The van der Waals surface area contributed by atoms with Crippen LogP contribution in [0.3, 0.4) is 0 Å². The zero-order valence-electron chi connectivity index (χ0n) is 11.3. The van der Waals surface area contributed by atoms with Gasteiger partial charge in [-0.15, -0.1) is 0 Å². The lowest BCUT2D eigenvalue weighted by atomic mass is 10.1. The van der Waals surface area contributed by atoms with Gasteiger partial charge in [0.15, 0.2) is 0 Å². The van der Waals surface area contributed by atoms with E-state index in [2.05, 4.69) is 22.2 Å². The maximum atomic E-state index is 12.7. The van der Waals surface area contributed by atoms with Gasteiger partial charge in [0.1, 0.15) is 6.33 Å². The van der Waals surface area contributed by atoms with Crippen molar-refractivity contribution >= 4 is 11.6 Å². The van der Waals surface area contributed by atoms with Crippen LogP contribution in [0, 0.1) is 0 Å². The lowest BCUT2D eigenvalue weighted by Gasteiger charge is -2.24. The highest BCUT2D eigenvalue weighted by atomic mass is 16.2. The smallest absolute Gasteiger partial charge is 0.261 e. The Morgan fingerprint density at radius 2 is 2.05 bits per heavy atom. The van der Waals surface area contributed by atoms with E-state index in [1.807, 2.05) is 24.3 Å². The van der Waals surface area contributed by atoms with Crippen molar-refractivity contribution in [3.05, 3.63) is 54.1 Å². The normalized spacial score (nSPS) is 18.2. The lowest BCUT2D eigenvalue weighted by Crippen LogP contribution is -2.39. The third-order valence-electron chi connectivity index (χ3n) is 3.43. The van der Waals surface area contributed by atoms with Gasteiger partial charge in [0.05, 0.1) is 5.56 Å². The summed E-state index contributed by atoms with van der Waals surface area (Å²) in [5.74, 6) is -0.0615. The molecule has 1 atom stereocenters. The number of para-hydroxylation sites is 1. The van der Waals surface area contributed by atoms with Gasteiger partial charge in [-0.25, -0.2) is 9.97 Å². The third kappa shape index (κ3) is 2.40. The van der Waals surface area contributed by atoms with Gasteiger partial charge in [0.2, 0.25) is 0 Å². The highest BCUT2D eigenvalue weighted by Crippen LogP contribution is 2.24. The van der Waals surface area contributed by atoms with Crippen LogP contribution >= 0.6 is 0 Å². The number of benzene rings is 1. The predicted molar refractivity (Wildman–Crippen MR) is 76.5 cm³/mol. The average molecular weight is 268 g/mol. The second kappa shape index (κ2) is 5.38. The highest BCUT2D eigenvalue weighted by molar-refractivity contribution is 6.06. The van der Waals surface area contributed by atoms with Crippen molar-refractivity contribution in [3.8, 4) is 0 Å². The minimum absolute atomic E-state index is 0.0615. The minimum Gasteiger partial charge on any atom is -0.308 e. The van der Waals surface area contributed by atoms with Crippen LogP contribution < -0.4 is 10.2 Å². The number of fused-ring (bicyclic) bond motifs is 1. The number of carbonyl (C=O) groups is 1.